The van der Waals surface area contributed by atoms with E-state index in [0.717, 1.165) is 37.3 Å². The second-order valence-corrected chi connectivity index (χ2v) is 8.12. The minimum absolute atomic E-state index is 0.146. The molecule has 1 aromatic carbocycles. The largest absolute Gasteiger partial charge is 0.497 e. The van der Waals surface area contributed by atoms with E-state index in [9.17, 15) is 22.8 Å². The third-order valence-electron chi connectivity index (χ3n) is 5.91. The van der Waals surface area contributed by atoms with Gasteiger partial charge in [-0.2, -0.15) is 18.2 Å². The number of primary amides is 1. The first kappa shape index (κ1) is 24.3. The number of hydrogen-bond donors (Lipinski definition) is 1. The van der Waals surface area contributed by atoms with Gasteiger partial charge in [0.2, 0.25) is 17.3 Å². The van der Waals surface area contributed by atoms with Crippen LogP contribution in [0.4, 0.5) is 28.0 Å². The van der Waals surface area contributed by atoms with Gasteiger partial charge in [-0.05, 0) is 25.0 Å². The van der Waals surface area contributed by atoms with Gasteiger partial charge in [0, 0.05) is 43.5 Å². The maximum Gasteiger partial charge on any atom is 0.438 e. The quantitative estimate of drug-likeness (QED) is 0.509. The van der Waals surface area contributed by atoms with Crippen molar-refractivity contribution in [3.05, 3.63) is 60.2 Å². The number of hydrogen-bond acceptors (Lipinski definition) is 4. The Morgan fingerprint density at radius 2 is 1.86 bits per heavy atom. The Bertz CT molecular complexity index is 1190. The van der Waals surface area contributed by atoms with E-state index < -0.39 is 40.2 Å². The van der Waals surface area contributed by atoms with Crippen LogP contribution in [0.2, 0.25) is 0 Å². The monoisotopic (exact) mass is 492 g/mol. The zero-order valence-electron chi connectivity index (χ0n) is 18.6. The predicted octanol–water partition coefficient (Wildman–Crippen LogP) is 3.96. The Balaban J connectivity index is 1.83. The van der Waals surface area contributed by atoms with Gasteiger partial charge in [-0.1, -0.05) is 5.10 Å². The van der Waals surface area contributed by atoms with Crippen LogP contribution < -0.4 is 15.1 Å². The molecule has 0 spiro atoms. The van der Waals surface area contributed by atoms with E-state index in [-0.39, 0.29) is 17.1 Å². The molecule has 2 heterocycles. The number of aliphatic imine (C=N–C) groups is 1. The van der Waals surface area contributed by atoms with Gasteiger partial charge in [-0.3, -0.25) is 4.79 Å². The lowest BCUT2D eigenvalue weighted by atomic mass is 9.94. The van der Waals surface area contributed by atoms with E-state index in [0.29, 0.717) is 18.8 Å². The van der Waals surface area contributed by atoms with Crippen molar-refractivity contribution in [2.24, 2.45) is 21.7 Å². The Morgan fingerprint density at radius 1 is 1.20 bits per heavy atom. The fourth-order valence-corrected chi connectivity index (χ4v) is 4.10. The van der Waals surface area contributed by atoms with E-state index >= 15 is 4.39 Å². The number of halogens is 4. The summed E-state index contributed by atoms with van der Waals surface area (Å²) >= 11 is 0. The molecule has 2 unspecified atom stereocenters. The molecule has 12 heteroatoms. The van der Waals surface area contributed by atoms with Crippen molar-refractivity contribution in [3.63, 3.8) is 0 Å². The van der Waals surface area contributed by atoms with Gasteiger partial charge in [-0.15, -0.1) is 4.59 Å². The van der Waals surface area contributed by atoms with E-state index in [2.05, 4.69) is 10.1 Å². The van der Waals surface area contributed by atoms with Crippen LogP contribution in [-0.2, 0) is 4.79 Å². The standard InChI is InChI=1S/C23H21F4N5O3/c1-35-15-6-4-14(5-7-15)32(11-8-20(30-32)23(25,26)27)19-12-16(21(28)33)18(13-17(19)24)29-22(34)31-9-2-3-10-31/h4-8,11-13,16H,2-3,9-10H2,1H3,(H-,28,33)/p+1. The second kappa shape index (κ2) is 9.10. The average Bonchev–Trinajstić information content (AvgIpc) is 3.50. The topological polar surface area (TPSA) is 97.3 Å². The molecule has 1 saturated heterocycles. The van der Waals surface area contributed by atoms with Crippen LogP contribution in [0.15, 0.2) is 70.3 Å². The summed E-state index contributed by atoms with van der Waals surface area (Å²) in [6, 6.07) is 5.20. The number of carbonyl (C=O) groups excluding carboxylic acids is 2. The summed E-state index contributed by atoms with van der Waals surface area (Å²) in [5.41, 5.74) is 3.82. The van der Waals surface area contributed by atoms with Crippen molar-refractivity contribution in [2.75, 3.05) is 20.2 Å². The minimum Gasteiger partial charge on any atom is -0.497 e. The molecular weight excluding hydrogens is 470 g/mol. The number of allylic oxidation sites excluding steroid dienone is 3. The first-order valence-corrected chi connectivity index (χ1v) is 10.7. The number of carbonyl (C=O) groups is 2. The Morgan fingerprint density at radius 3 is 2.40 bits per heavy atom. The molecule has 0 aromatic heterocycles. The van der Waals surface area contributed by atoms with Crippen LogP contribution in [0.1, 0.15) is 12.8 Å². The molecule has 0 saturated carbocycles. The lowest BCUT2D eigenvalue weighted by molar-refractivity contribution is -0.118. The Labute approximate surface area is 197 Å². The highest BCUT2D eigenvalue weighted by molar-refractivity contribution is 6.15. The number of benzene rings is 1. The highest BCUT2D eigenvalue weighted by Crippen LogP contribution is 2.42. The summed E-state index contributed by atoms with van der Waals surface area (Å²) in [6.45, 7) is 0.975. The van der Waals surface area contributed by atoms with Crippen LogP contribution in [0, 0.1) is 5.92 Å². The molecular formula is C23H22F4N5O3+. The van der Waals surface area contributed by atoms with Gasteiger partial charge in [0.05, 0.1) is 12.8 Å². The fraction of sp³-hybridized carbons (Fsp3) is 0.304. The molecule has 0 radical (unpaired) electrons. The van der Waals surface area contributed by atoms with Gasteiger partial charge < -0.3 is 15.4 Å². The SMILES string of the molecule is COc1ccc([N+]2(C3=CC(C(N)=O)C(=NC(=O)N4CCCC4)C=C3F)C=CC(C(F)(F)F)=N2)cc1. The van der Waals surface area contributed by atoms with Crippen LogP contribution in [0.25, 0.3) is 0 Å². The molecule has 35 heavy (non-hydrogen) atoms. The summed E-state index contributed by atoms with van der Waals surface area (Å²) in [5, 5.41) is 3.79. The summed E-state index contributed by atoms with van der Waals surface area (Å²) in [4.78, 5) is 30.1. The number of nitrogens with two attached hydrogens (primary N) is 1. The van der Waals surface area contributed by atoms with Crippen LogP contribution in [-0.4, -0.2) is 54.6 Å². The van der Waals surface area contributed by atoms with Crippen LogP contribution in [0.3, 0.4) is 0 Å². The van der Waals surface area contributed by atoms with E-state index in [1.165, 1.54) is 36.3 Å². The molecule has 2 N–H and O–H groups in total. The molecule has 1 aliphatic carbocycles. The molecule has 1 aromatic rings. The number of ether oxygens (including phenoxy) is 1. The van der Waals surface area contributed by atoms with Crippen LogP contribution in [0.5, 0.6) is 5.75 Å². The summed E-state index contributed by atoms with van der Waals surface area (Å²) < 4.78 is 60.0. The molecule has 184 valence electrons. The van der Waals surface area contributed by atoms with Crippen molar-refractivity contribution in [3.8, 4) is 5.75 Å². The maximum atomic E-state index is 15.5. The average molecular weight is 492 g/mol. The molecule has 8 nitrogen and oxygen atoms in total. The number of amides is 3. The molecule has 0 bridgehead atoms. The molecule has 3 aliphatic rings. The second-order valence-electron chi connectivity index (χ2n) is 8.12. The van der Waals surface area contributed by atoms with Gasteiger partial charge in [0.1, 0.15) is 17.9 Å². The zero-order valence-corrected chi connectivity index (χ0v) is 18.6. The van der Waals surface area contributed by atoms with Gasteiger partial charge in [0.15, 0.2) is 11.5 Å². The van der Waals surface area contributed by atoms with Crippen LogP contribution >= 0.6 is 0 Å². The zero-order chi connectivity index (χ0) is 25.4. The third-order valence-corrected chi connectivity index (χ3v) is 5.91. The fourth-order valence-electron chi connectivity index (χ4n) is 4.10. The minimum atomic E-state index is -4.80. The summed E-state index contributed by atoms with van der Waals surface area (Å²) in [6.07, 6.45) is 0.506. The van der Waals surface area contributed by atoms with Crippen molar-refractivity contribution >= 4 is 29.0 Å². The van der Waals surface area contributed by atoms with Gasteiger partial charge >= 0.3 is 12.2 Å². The van der Waals surface area contributed by atoms with Crippen molar-refractivity contribution in [1.82, 2.24) is 9.49 Å². The molecule has 4 rings (SSSR count). The molecule has 2 aliphatic heterocycles. The molecule has 1 fully saturated rings. The Kier molecular flexibility index (Phi) is 6.32. The van der Waals surface area contributed by atoms with Crippen molar-refractivity contribution in [1.29, 1.82) is 0 Å². The van der Waals surface area contributed by atoms with Gasteiger partial charge in [0.25, 0.3) is 0 Å². The van der Waals surface area contributed by atoms with E-state index in [4.69, 9.17) is 10.5 Å². The van der Waals surface area contributed by atoms with E-state index in [1.807, 2.05) is 0 Å². The number of methoxy groups -OCH3 is 1. The first-order chi connectivity index (χ1) is 16.5. The maximum absolute atomic E-state index is 15.5. The summed E-state index contributed by atoms with van der Waals surface area (Å²) in [7, 11) is 1.42. The highest BCUT2D eigenvalue weighted by Gasteiger charge is 2.49. The smallest absolute Gasteiger partial charge is 0.438 e. The Hall–Kier alpha value is -3.80. The van der Waals surface area contributed by atoms with E-state index in [1.54, 1.807) is 0 Å². The third kappa shape index (κ3) is 4.61. The normalized spacial score (nSPS) is 25.4. The molecule has 2 atom stereocenters. The highest BCUT2D eigenvalue weighted by atomic mass is 19.4. The number of nitrogens with zero attached hydrogens (tertiary/aromatic N) is 4. The van der Waals surface area contributed by atoms with Crippen molar-refractivity contribution in [2.45, 2.75) is 19.0 Å². The van der Waals surface area contributed by atoms with Gasteiger partial charge in [-0.25, -0.2) is 9.18 Å². The number of alkyl halides is 3. The van der Waals surface area contributed by atoms with Crippen molar-refractivity contribution < 1.29 is 31.9 Å². The number of likely N-dealkylation sites (tertiary alicyclic amines) is 1. The predicted molar refractivity (Wildman–Crippen MR) is 121 cm³/mol. The number of quaternary nitrogens is 1. The lowest BCUT2D eigenvalue weighted by Gasteiger charge is -2.29. The molecule has 3 amide bonds. The number of rotatable bonds is 4. The lowest BCUT2D eigenvalue weighted by Crippen LogP contribution is -2.41. The summed E-state index contributed by atoms with van der Waals surface area (Å²) in [5.74, 6) is -2.89. The number of urea groups is 1. The first-order valence-electron chi connectivity index (χ1n) is 10.7.